The molecule has 0 aliphatic carbocycles. The molecule has 8 heteroatoms. The van der Waals surface area contributed by atoms with Crippen molar-refractivity contribution in [3.8, 4) is 0 Å². The lowest BCUT2D eigenvalue weighted by Crippen LogP contribution is -2.16. The first-order valence-electron chi connectivity index (χ1n) is 6.88. The average Bonchev–Trinajstić information content (AvgIpc) is 2.92. The van der Waals surface area contributed by atoms with Crippen LogP contribution in [0.2, 0.25) is 0 Å². The molecule has 0 fully saturated rings. The predicted octanol–water partition coefficient (Wildman–Crippen LogP) is 4.08. The lowest BCUT2D eigenvalue weighted by Gasteiger charge is -2.11. The molecule has 0 bridgehead atoms. The number of carbonyl (C=O) groups is 1. The van der Waals surface area contributed by atoms with Gasteiger partial charge >= 0.3 is 6.18 Å². The van der Waals surface area contributed by atoms with Crippen LogP contribution in [0.3, 0.4) is 0 Å². The standard InChI is InChI=1S/C15H14F3N3OS/c1-2-6-13-20-21-14(23-13)19-12(22)9-11(15(16,17)18)10-7-4-3-5-8-10/h3-5,7-9H,2,6H2,1H3,(H,19,21,22)/b11-9-. The van der Waals surface area contributed by atoms with Gasteiger partial charge in [0.1, 0.15) is 5.01 Å². The third kappa shape index (κ3) is 4.88. The third-order valence-electron chi connectivity index (χ3n) is 2.83. The van der Waals surface area contributed by atoms with Gasteiger partial charge in [0.05, 0.1) is 5.57 Å². The van der Waals surface area contributed by atoms with Gasteiger partial charge in [-0.2, -0.15) is 13.2 Å². The molecule has 0 saturated carbocycles. The Morgan fingerprint density at radius 2 is 1.96 bits per heavy atom. The van der Waals surface area contributed by atoms with E-state index in [4.69, 9.17) is 0 Å². The molecule has 1 aromatic heterocycles. The lowest BCUT2D eigenvalue weighted by molar-refractivity contribution is -0.112. The second kappa shape index (κ2) is 7.36. The van der Waals surface area contributed by atoms with Crippen molar-refractivity contribution >= 4 is 27.9 Å². The Kier molecular flexibility index (Phi) is 5.49. The fraction of sp³-hybridized carbons (Fsp3) is 0.267. The van der Waals surface area contributed by atoms with Crippen LogP contribution >= 0.6 is 11.3 Å². The fourth-order valence-electron chi connectivity index (χ4n) is 1.84. The highest BCUT2D eigenvalue weighted by Gasteiger charge is 2.35. The summed E-state index contributed by atoms with van der Waals surface area (Å²) < 4.78 is 39.4. The third-order valence-corrected chi connectivity index (χ3v) is 3.72. The Bertz CT molecular complexity index is 695. The molecule has 122 valence electrons. The van der Waals surface area contributed by atoms with E-state index in [0.717, 1.165) is 22.8 Å². The monoisotopic (exact) mass is 341 g/mol. The predicted molar refractivity (Wildman–Crippen MR) is 83.0 cm³/mol. The number of nitrogens with one attached hydrogen (secondary N) is 1. The molecule has 1 N–H and O–H groups in total. The topological polar surface area (TPSA) is 54.9 Å². The molecule has 23 heavy (non-hydrogen) atoms. The highest BCUT2D eigenvalue weighted by Crippen LogP contribution is 2.33. The van der Waals surface area contributed by atoms with Crippen LogP contribution in [0.4, 0.5) is 18.3 Å². The van der Waals surface area contributed by atoms with Crippen LogP contribution < -0.4 is 5.32 Å². The van der Waals surface area contributed by atoms with Gasteiger partial charge in [-0.25, -0.2) is 0 Å². The van der Waals surface area contributed by atoms with Crippen molar-refractivity contribution in [1.29, 1.82) is 0 Å². The molecule has 0 aliphatic heterocycles. The summed E-state index contributed by atoms with van der Waals surface area (Å²) in [6.07, 6.45) is -2.51. The maximum absolute atomic E-state index is 13.1. The van der Waals surface area contributed by atoms with Gasteiger partial charge in [-0.15, -0.1) is 10.2 Å². The number of aryl methyl sites for hydroxylation is 1. The zero-order valence-corrected chi connectivity index (χ0v) is 13.0. The number of carbonyl (C=O) groups excluding carboxylic acids is 1. The number of amides is 1. The molecule has 0 spiro atoms. The van der Waals surface area contributed by atoms with E-state index in [1.54, 1.807) is 6.07 Å². The van der Waals surface area contributed by atoms with E-state index in [2.05, 4.69) is 15.5 Å². The number of nitrogens with zero attached hydrogens (tertiary/aromatic N) is 2. The summed E-state index contributed by atoms with van der Waals surface area (Å²) in [6.45, 7) is 1.97. The fourth-order valence-corrected chi connectivity index (χ4v) is 2.68. The maximum Gasteiger partial charge on any atom is 0.417 e. The summed E-state index contributed by atoms with van der Waals surface area (Å²) in [5, 5.41) is 10.8. The van der Waals surface area contributed by atoms with E-state index in [9.17, 15) is 18.0 Å². The number of aromatic nitrogens is 2. The van der Waals surface area contributed by atoms with Crippen molar-refractivity contribution in [3.05, 3.63) is 47.0 Å². The van der Waals surface area contributed by atoms with Crippen molar-refractivity contribution in [2.75, 3.05) is 5.32 Å². The number of anilines is 1. The molecule has 1 heterocycles. The van der Waals surface area contributed by atoms with Gasteiger partial charge in [-0.3, -0.25) is 10.1 Å². The molecule has 0 atom stereocenters. The number of allylic oxidation sites excluding steroid dienone is 1. The van der Waals surface area contributed by atoms with E-state index >= 15 is 0 Å². The molecule has 0 radical (unpaired) electrons. The summed E-state index contributed by atoms with van der Waals surface area (Å²) in [6, 6.07) is 7.17. The molecule has 1 amide bonds. The first kappa shape index (κ1) is 17.1. The first-order valence-corrected chi connectivity index (χ1v) is 7.69. The summed E-state index contributed by atoms with van der Waals surface area (Å²) in [5.41, 5.74) is -1.08. The van der Waals surface area contributed by atoms with Gasteiger partial charge in [0.2, 0.25) is 5.13 Å². The van der Waals surface area contributed by atoms with E-state index in [0.29, 0.717) is 12.5 Å². The number of benzene rings is 1. The second-order valence-electron chi connectivity index (χ2n) is 4.66. The Balaban J connectivity index is 2.19. The van der Waals surface area contributed by atoms with Crippen molar-refractivity contribution in [1.82, 2.24) is 10.2 Å². The van der Waals surface area contributed by atoms with Crippen molar-refractivity contribution in [2.24, 2.45) is 0 Å². The number of hydrogen-bond acceptors (Lipinski definition) is 4. The molecular formula is C15H14F3N3OS. The number of halogens is 3. The first-order chi connectivity index (χ1) is 10.9. The van der Waals surface area contributed by atoms with Gasteiger partial charge < -0.3 is 0 Å². The summed E-state index contributed by atoms with van der Waals surface area (Å²) in [7, 11) is 0. The molecule has 4 nitrogen and oxygen atoms in total. The Morgan fingerprint density at radius 1 is 1.26 bits per heavy atom. The average molecular weight is 341 g/mol. The number of hydrogen-bond donors (Lipinski definition) is 1. The van der Waals surface area contributed by atoms with Crippen LogP contribution in [0, 0.1) is 0 Å². The smallest absolute Gasteiger partial charge is 0.297 e. The highest BCUT2D eigenvalue weighted by molar-refractivity contribution is 7.15. The Morgan fingerprint density at radius 3 is 2.57 bits per heavy atom. The minimum absolute atomic E-state index is 0.0703. The van der Waals surface area contributed by atoms with Crippen LogP contribution in [0.5, 0.6) is 0 Å². The van der Waals surface area contributed by atoms with E-state index in [1.165, 1.54) is 24.3 Å². The van der Waals surface area contributed by atoms with Gasteiger partial charge in [-0.1, -0.05) is 48.6 Å². The van der Waals surface area contributed by atoms with Crippen LogP contribution in [-0.4, -0.2) is 22.3 Å². The molecule has 2 rings (SSSR count). The normalized spacial score (nSPS) is 12.3. The van der Waals surface area contributed by atoms with Crippen molar-refractivity contribution in [2.45, 2.75) is 25.9 Å². The van der Waals surface area contributed by atoms with E-state index < -0.39 is 17.7 Å². The van der Waals surface area contributed by atoms with Crippen LogP contribution in [-0.2, 0) is 11.2 Å². The number of alkyl halides is 3. The number of rotatable bonds is 5. The van der Waals surface area contributed by atoms with Gasteiger partial charge in [0, 0.05) is 12.5 Å². The molecule has 0 aliphatic rings. The maximum atomic E-state index is 13.1. The summed E-state index contributed by atoms with van der Waals surface area (Å²) in [5.74, 6) is -0.889. The quantitative estimate of drug-likeness (QED) is 0.834. The molecule has 2 aromatic rings. The van der Waals surface area contributed by atoms with Crippen molar-refractivity contribution < 1.29 is 18.0 Å². The zero-order valence-electron chi connectivity index (χ0n) is 12.2. The Labute approximate surface area is 135 Å². The molecule has 0 unspecified atom stereocenters. The lowest BCUT2D eigenvalue weighted by atomic mass is 10.1. The van der Waals surface area contributed by atoms with Crippen LogP contribution in [0.1, 0.15) is 23.9 Å². The largest absolute Gasteiger partial charge is 0.417 e. The van der Waals surface area contributed by atoms with Gasteiger partial charge in [0.15, 0.2) is 0 Å². The van der Waals surface area contributed by atoms with Gasteiger partial charge in [-0.05, 0) is 12.0 Å². The minimum atomic E-state index is -4.63. The van der Waals surface area contributed by atoms with Gasteiger partial charge in [0.25, 0.3) is 5.91 Å². The zero-order chi connectivity index (χ0) is 16.9. The van der Waals surface area contributed by atoms with Crippen LogP contribution in [0.15, 0.2) is 36.4 Å². The minimum Gasteiger partial charge on any atom is -0.297 e. The van der Waals surface area contributed by atoms with E-state index in [-0.39, 0.29) is 10.7 Å². The molecule has 0 saturated heterocycles. The summed E-state index contributed by atoms with van der Waals surface area (Å²) >= 11 is 1.15. The summed E-state index contributed by atoms with van der Waals surface area (Å²) in [4.78, 5) is 11.9. The van der Waals surface area contributed by atoms with Crippen LogP contribution in [0.25, 0.3) is 5.57 Å². The second-order valence-corrected chi connectivity index (χ2v) is 5.72. The molecule has 1 aromatic carbocycles. The van der Waals surface area contributed by atoms with Crippen molar-refractivity contribution in [3.63, 3.8) is 0 Å². The molecular weight excluding hydrogens is 327 g/mol. The Hall–Kier alpha value is -2.22. The van der Waals surface area contributed by atoms with E-state index in [1.807, 2.05) is 6.92 Å². The SMILES string of the molecule is CCCc1nnc(NC(=O)/C=C(/c2ccccc2)C(F)(F)F)s1. The highest BCUT2D eigenvalue weighted by atomic mass is 32.1.